The molecule has 0 aromatic heterocycles. The maximum absolute atomic E-state index is 9.47. The van der Waals surface area contributed by atoms with Crippen LogP contribution in [0.4, 0.5) is 0 Å². The monoisotopic (exact) mass is 348 g/mol. The molecule has 3 heteroatoms. The summed E-state index contributed by atoms with van der Waals surface area (Å²) in [6, 6.07) is 11.9. The van der Waals surface area contributed by atoms with Crippen molar-refractivity contribution in [1.29, 1.82) is 0 Å². The van der Waals surface area contributed by atoms with E-state index < -0.39 is 0 Å². The molecule has 2 aromatic carbocycles. The standard InChI is InChI=1S/C18H21BrO2/c1-12-5-8-16(15(9-12)18(2,3)4)21-17-10-14(19)7-6-13(17)11-20/h5-10,20H,11H2,1-4H3. The molecule has 0 heterocycles. The highest BCUT2D eigenvalue weighted by Crippen LogP contribution is 2.36. The van der Waals surface area contributed by atoms with Crippen LogP contribution in [0.25, 0.3) is 0 Å². The Morgan fingerprint density at radius 2 is 1.76 bits per heavy atom. The zero-order chi connectivity index (χ0) is 15.6. The fourth-order valence-corrected chi connectivity index (χ4v) is 2.53. The second-order valence-electron chi connectivity index (χ2n) is 6.26. The first-order valence-electron chi connectivity index (χ1n) is 6.99. The molecule has 2 aromatic rings. The number of hydrogen-bond acceptors (Lipinski definition) is 2. The van der Waals surface area contributed by atoms with Gasteiger partial charge in [0.25, 0.3) is 0 Å². The molecule has 0 radical (unpaired) electrons. The molecule has 0 aliphatic carbocycles. The molecule has 112 valence electrons. The van der Waals surface area contributed by atoms with Gasteiger partial charge in [0.15, 0.2) is 0 Å². The fraction of sp³-hybridized carbons (Fsp3) is 0.333. The molecule has 2 rings (SSSR count). The number of aliphatic hydroxyl groups excluding tert-OH is 1. The highest BCUT2D eigenvalue weighted by Gasteiger charge is 2.20. The number of halogens is 1. The van der Waals surface area contributed by atoms with Crippen LogP contribution in [0.1, 0.15) is 37.5 Å². The van der Waals surface area contributed by atoms with Crippen molar-refractivity contribution in [1.82, 2.24) is 0 Å². The Hall–Kier alpha value is -1.32. The minimum Gasteiger partial charge on any atom is -0.457 e. The highest BCUT2D eigenvalue weighted by molar-refractivity contribution is 9.10. The van der Waals surface area contributed by atoms with Crippen LogP contribution in [0.15, 0.2) is 40.9 Å². The fourth-order valence-electron chi connectivity index (χ4n) is 2.19. The topological polar surface area (TPSA) is 29.5 Å². The molecule has 0 atom stereocenters. The van der Waals surface area contributed by atoms with E-state index in [1.165, 1.54) is 5.56 Å². The number of rotatable bonds is 3. The zero-order valence-electron chi connectivity index (χ0n) is 12.9. The van der Waals surface area contributed by atoms with Crippen LogP contribution in [-0.4, -0.2) is 5.11 Å². The summed E-state index contributed by atoms with van der Waals surface area (Å²) in [7, 11) is 0. The molecule has 0 unspecified atom stereocenters. The molecule has 0 saturated heterocycles. The Morgan fingerprint density at radius 3 is 2.38 bits per heavy atom. The summed E-state index contributed by atoms with van der Waals surface area (Å²) < 4.78 is 7.03. The summed E-state index contributed by atoms with van der Waals surface area (Å²) in [4.78, 5) is 0. The molecule has 1 N–H and O–H groups in total. The normalized spacial score (nSPS) is 11.5. The van der Waals surface area contributed by atoms with Gasteiger partial charge in [-0.1, -0.05) is 60.5 Å². The lowest BCUT2D eigenvalue weighted by atomic mass is 9.85. The van der Waals surface area contributed by atoms with Crippen molar-refractivity contribution >= 4 is 15.9 Å². The molecule has 0 aliphatic heterocycles. The average molecular weight is 349 g/mol. The molecule has 0 bridgehead atoms. The third kappa shape index (κ3) is 3.86. The molecule has 2 nitrogen and oxygen atoms in total. The largest absolute Gasteiger partial charge is 0.457 e. The van der Waals surface area contributed by atoms with E-state index in [1.54, 1.807) is 0 Å². The quantitative estimate of drug-likeness (QED) is 0.811. The third-order valence-electron chi connectivity index (χ3n) is 3.36. The molecule has 0 amide bonds. The van der Waals surface area contributed by atoms with E-state index in [1.807, 2.05) is 30.3 Å². The van der Waals surface area contributed by atoms with Crippen molar-refractivity contribution < 1.29 is 9.84 Å². The maximum atomic E-state index is 9.47. The van der Waals surface area contributed by atoms with Crippen LogP contribution in [-0.2, 0) is 12.0 Å². The van der Waals surface area contributed by atoms with Gasteiger partial charge in [-0.05, 0) is 30.5 Å². The number of ether oxygens (including phenoxy) is 1. The van der Waals surface area contributed by atoms with E-state index in [0.717, 1.165) is 21.3 Å². The lowest BCUT2D eigenvalue weighted by Gasteiger charge is -2.24. The van der Waals surface area contributed by atoms with Crippen molar-refractivity contribution in [2.75, 3.05) is 0 Å². The van der Waals surface area contributed by atoms with Gasteiger partial charge in [-0.2, -0.15) is 0 Å². The van der Waals surface area contributed by atoms with E-state index in [0.29, 0.717) is 5.75 Å². The molecule has 0 saturated carbocycles. The van der Waals surface area contributed by atoms with Crippen LogP contribution in [0, 0.1) is 6.92 Å². The average Bonchev–Trinajstić information content (AvgIpc) is 2.40. The number of hydrogen-bond donors (Lipinski definition) is 1. The third-order valence-corrected chi connectivity index (χ3v) is 3.86. The number of aliphatic hydroxyl groups is 1. The smallest absolute Gasteiger partial charge is 0.134 e. The first kappa shape index (κ1) is 16.1. The minimum absolute atomic E-state index is 0.00720. The lowest BCUT2D eigenvalue weighted by molar-refractivity contribution is 0.276. The Kier molecular flexibility index (Phi) is 4.74. The number of aryl methyl sites for hydroxylation is 1. The summed E-state index contributed by atoms with van der Waals surface area (Å²) in [5.74, 6) is 1.52. The second kappa shape index (κ2) is 6.20. The Labute approximate surface area is 134 Å². The van der Waals surface area contributed by atoms with Gasteiger partial charge in [0, 0.05) is 15.6 Å². The first-order valence-corrected chi connectivity index (χ1v) is 7.79. The predicted molar refractivity (Wildman–Crippen MR) is 90.0 cm³/mol. The van der Waals surface area contributed by atoms with Crippen LogP contribution in [0.3, 0.4) is 0 Å². The molecule has 0 fully saturated rings. The lowest BCUT2D eigenvalue weighted by Crippen LogP contribution is -2.13. The van der Waals surface area contributed by atoms with Crippen molar-refractivity contribution in [3.8, 4) is 11.5 Å². The van der Waals surface area contributed by atoms with Crippen molar-refractivity contribution in [3.05, 3.63) is 57.6 Å². The summed E-state index contributed by atoms with van der Waals surface area (Å²) in [6.45, 7) is 8.55. The van der Waals surface area contributed by atoms with Gasteiger partial charge in [-0.25, -0.2) is 0 Å². The van der Waals surface area contributed by atoms with Crippen LogP contribution >= 0.6 is 15.9 Å². The summed E-state index contributed by atoms with van der Waals surface area (Å²) >= 11 is 3.45. The van der Waals surface area contributed by atoms with E-state index >= 15 is 0 Å². The molecular formula is C18H21BrO2. The highest BCUT2D eigenvalue weighted by atomic mass is 79.9. The zero-order valence-corrected chi connectivity index (χ0v) is 14.5. The van der Waals surface area contributed by atoms with Crippen molar-refractivity contribution in [3.63, 3.8) is 0 Å². The van der Waals surface area contributed by atoms with Crippen molar-refractivity contribution in [2.45, 2.75) is 39.7 Å². The van der Waals surface area contributed by atoms with E-state index in [-0.39, 0.29) is 12.0 Å². The maximum Gasteiger partial charge on any atom is 0.134 e. The van der Waals surface area contributed by atoms with Crippen LogP contribution in [0.2, 0.25) is 0 Å². The van der Waals surface area contributed by atoms with E-state index in [4.69, 9.17) is 4.74 Å². The molecule has 0 spiro atoms. The first-order chi connectivity index (χ1) is 9.81. The molecular weight excluding hydrogens is 328 g/mol. The second-order valence-corrected chi connectivity index (χ2v) is 7.18. The predicted octanol–water partition coefficient (Wildman–Crippen LogP) is 5.34. The summed E-state index contributed by atoms with van der Waals surface area (Å²) in [6.07, 6.45) is 0. The number of benzene rings is 2. The van der Waals surface area contributed by atoms with Gasteiger partial charge < -0.3 is 9.84 Å². The van der Waals surface area contributed by atoms with Gasteiger partial charge in [-0.3, -0.25) is 0 Å². The van der Waals surface area contributed by atoms with E-state index in [2.05, 4.69) is 49.7 Å². The summed E-state index contributed by atoms with van der Waals surface area (Å²) in [5, 5.41) is 9.47. The Morgan fingerprint density at radius 1 is 1.05 bits per heavy atom. The van der Waals surface area contributed by atoms with Gasteiger partial charge >= 0.3 is 0 Å². The van der Waals surface area contributed by atoms with Gasteiger partial charge in [0.2, 0.25) is 0 Å². The Balaban J connectivity index is 2.47. The summed E-state index contributed by atoms with van der Waals surface area (Å²) in [5.41, 5.74) is 3.14. The van der Waals surface area contributed by atoms with Gasteiger partial charge in [0.05, 0.1) is 6.61 Å². The Bertz CT molecular complexity index is 642. The minimum atomic E-state index is -0.0423. The molecule has 21 heavy (non-hydrogen) atoms. The molecule has 0 aliphatic rings. The van der Waals surface area contributed by atoms with Gasteiger partial charge in [-0.15, -0.1) is 0 Å². The van der Waals surface area contributed by atoms with Crippen LogP contribution in [0.5, 0.6) is 11.5 Å². The van der Waals surface area contributed by atoms with Crippen LogP contribution < -0.4 is 4.74 Å². The van der Waals surface area contributed by atoms with E-state index in [9.17, 15) is 5.11 Å². The van der Waals surface area contributed by atoms with Gasteiger partial charge in [0.1, 0.15) is 11.5 Å². The SMILES string of the molecule is Cc1ccc(Oc2cc(Br)ccc2CO)c(C(C)(C)C)c1. The van der Waals surface area contributed by atoms with Crippen molar-refractivity contribution in [2.24, 2.45) is 0 Å².